The Morgan fingerprint density at radius 2 is 1.68 bits per heavy atom. The molecule has 9 heteroatoms. The van der Waals surface area contributed by atoms with Crippen molar-refractivity contribution in [3.05, 3.63) is 82.9 Å². The molecule has 1 heterocycles. The average molecular weight is 481 g/mol. The number of para-hydroxylation sites is 1. The summed E-state index contributed by atoms with van der Waals surface area (Å²) in [6.45, 7) is 3.56. The third-order valence-electron chi connectivity index (χ3n) is 5.69. The zero-order valence-corrected chi connectivity index (χ0v) is 20.0. The SMILES string of the molecule is COC(=O)c1ccc(OC)c(CN2C(=O)N(c3cc(C)ccc3C)S(=O)(=O)c3ccccc32)c1. The topological polar surface area (TPSA) is 93.2 Å². The van der Waals surface area contributed by atoms with Crippen LogP contribution >= 0.6 is 0 Å². The van der Waals surface area contributed by atoms with Gasteiger partial charge in [0, 0.05) is 5.56 Å². The molecule has 1 aliphatic rings. The first-order chi connectivity index (χ1) is 16.2. The number of anilines is 2. The Kier molecular flexibility index (Phi) is 6.05. The smallest absolute Gasteiger partial charge is 0.343 e. The lowest BCUT2D eigenvalue weighted by atomic mass is 10.1. The number of hydrogen-bond donors (Lipinski definition) is 0. The van der Waals surface area contributed by atoms with Gasteiger partial charge < -0.3 is 9.47 Å². The Morgan fingerprint density at radius 1 is 0.941 bits per heavy atom. The molecule has 34 heavy (non-hydrogen) atoms. The van der Waals surface area contributed by atoms with Crippen molar-refractivity contribution < 1.29 is 27.5 Å². The van der Waals surface area contributed by atoms with Crippen LogP contribution in [0.25, 0.3) is 0 Å². The van der Waals surface area contributed by atoms with Crippen LogP contribution in [-0.4, -0.2) is 34.6 Å². The van der Waals surface area contributed by atoms with Crippen molar-refractivity contribution in [2.45, 2.75) is 25.3 Å². The molecule has 0 spiro atoms. The predicted molar refractivity (Wildman–Crippen MR) is 128 cm³/mol. The van der Waals surface area contributed by atoms with Crippen LogP contribution in [0.15, 0.2) is 65.6 Å². The second kappa shape index (κ2) is 8.83. The van der Waals surface area contributed by atoms with Crippen molar-refractivity contribution in [1.82, 2.24) is 0 Å². The van der Waals surface area contributed by atoms with Crippen LogP contribution in [0.5, 0.6) is 5.75 Å². The fourth-order valence-electron chi connectivity index (χ4n) is 3.95. The number of esters is 1. The molecule has 1 aliphatic heterocycles. The molecule has 0 atom stereocenters. The molecular weight excluding hydrogens is 456 g/mol. The van der Waals surface area contributed by atoms with Gasteiger partial charge in [0.25, 0.3) is 10.0 Å². The maximum absolute atomic E-state index is 13.8. The van der Waals surface area contributed by atoms with E-state index in [1.807, 2.05) is 13.0 Å². The summed E-state index contributed by atoms with van der Waals surface area (Å²) in [5.41, 5.74) is 2.82. The minimum Gasteiger partial charge on any atom is -0.496 e. The highest BCUT2D eigenvalue weighted by molar-refractivity contribution is 7.94. The van der Waals surface area contributed by atoms with E-state index in [-0.39, 0.29) is 22.7 Å². The highest BCUT2D eigenvalue weighted by Crippen LogP contribution is 2.39. The summed E-state index contributed by atoms with van der Waals surface area (Å²) in [5, 5.41) is 0. The molecule has 0 radical (unpaired) electrons. The number of rotatable bonds is 5. The van der Waals surface area contributed by atoms with Crippen LogP contribution in [0.1, 0.15) is 27.0 Å². The molecule has 4 rings (SSSR count). The number of amides is 2. The summed E-state index contributed by atoms with van der Waals surface area (Å²) in [4.78, 5) is 27.3. The summed E-state index contributed by atoms with van der Waals surface area (Å²) in [6, 6.07) is 15.7. The monoisotopic (exact) mass is 480 g/mol. The first-order valence-electron chi connectivity index (χ1n) is 10.5. The number of nitrogens with zero attached hydrogens (tertiary/aromatic N) is 2. The third kappa shape index (κ3) is 3.88. The van der Waals surface area contributed by atoms with Gasteiger partial charge in [-0.25, -0.2) is 18.0 Å². The first-order valence-corrected chi connectivity index (χ1v) is 11.9. The van der Waals surface area contributed by atoms with E-state index in [4.69, 9.17) is 9.47 Å². The van der Waals surface area contributed by atoms with Crippen molar-refractivity contribution in [2.75, 3.05) is 23.4 Å². The summed E-state index contributed by atoms with van der Waals surface area (Å²) in [6.07, 6.45) is 0. The Balaban J connectivity index is 1.89. The molecule has 3 aromatic rings. The summed E-state index contributed by atoms with van der Waals surface area (Å²) in [7, 11) is -1.39. The number of carbonyl (C=O) groups excluding carboxylic acids is 2. The van der Waals surface area contributed by atoms with Crippen LogP contribution in [0.4, 0.5) is 16.2 Å². The molecule has 0 aromatic heterocycles. The van der Waals surface area contributed by atoms with Gasteiger partial charge in [0.15, 0.2) is 0 Å². The number of urea groups is 1. The van der Waals surface area contributed by atoms with Gasteiger partial charge in [0.2, 0.25) is 0 Å². The van der Waals surface area contributed by atoms with Gasteiger partial charge in [0.05, 0.1) is 37.7 Å². The maximum Gasteiger partial charge on any atom is 0.343 e. The molecule has 2 amide bonds. The van der Waals surface area contributed by atoms with Crippen LogP contribution in [-0.2, 0) is 21.3 Å². The van der Waals surface area contributed by atoms with E-state index >= 15 is 0 Å². The van der Waals surface area contributed by atoms with E-state index in [0.717, 1.165) is 9.87 Å². The number of carbonyl (C=O) groups is 2. The molecule has 0 saturated heterocycles. The van der Waals surface area contributed by atoms with E-state index in [1.54, 1.807) is 55.5 Å². The fraction of sp³-hybridized carbons (Fsp3) is 0.200. The van der Waals surface area contributed by atoms with Gasteiger partial charge >= 0.3 is 12.0 Å². The zero-order valence-electron chi connectivity index (χ0n) is 19.2. The number of aryl methyl sites for hydroxylation is 2. The van der Waals surface area contributed by atoms with E-state index in [9.17, 15) is 18.0 Å². The van der Waals surface area contributed by atoms with Crippen LogP contribution < -0.4 is 13.9 Å². The Bertz CT molecular complexity index is 1400. The number of methoxy groups -OCH3 is 2. The Labute approximate surface area is 198 Å². The molecule has 0 unspecified atom stereocenters. The summed E-state index contributed by atoms with van der Waals surface area (Å²) >= 11 is 0. The molecule has 3 aromatic carbocycles. The number of benzene rings is 3. The van der Waals surface area contributed by atoms with E-state index in [2.05, 4.69) is 0 Å². The van der Waals surface area contributed by atoms with Gasteiger partial charge in [-0.15, -0.1) is 0 Å². The molecule has 0 saturated carbocycles. The van der Waals surface area contributed by atoms with Gasteiger partial charge in [-0.3, -0.25) is 4.90 Å². The minimum atomic E-state index is -4.15. The predicted octanol–water partition coefficient (Wildman–Crippen LogP) is 4.43. The number of hydrogen-bond acceptors (Lipinski definition) is 6. The van der Waals surface area contributed by atoms with Crippen LogP contribution in [0, 0.1) is 13.8 Å². The molecule has 8 nitrogen and oxygen atoms in total. The normalized spacial score (nSPS) is 14.5. The summed E-state index contributed by atoms with van der Waals surface area (Å²) in [5.74, 6) is -0.0847. The van der Waals surface area contributed by atoms with Crippen LogP contribution in [0.3, 0.4) is 0 Å². The highest BCUT2D eigenvalue weighted by Gasteiger charge is 2.43. The molecule has 0 fully saturated rings. The zero-order chi connectivity index (χ0) is 24.6. The lowest BCUT2D eigenvalue weighted by Crippen LogP contribution is -2.51. The van der Waals surface area contributed by atoms with E-state index < -0.39 is 22.0 Å². The molecule has 0 N–H and O–H groups in total. The van der Waals surface area contributed by atoms with Gasteiger partial charge in [0.1, 0.15) is 10.6 Å². The largest absolute Gasteiger partial charge is 0.496 e. The van der Waals surface area contributed by atoms with Crippen molar-refractivity contribution in [1.29, 1.82) is 0 Å². The molecular formula is C25H24N2O6S. The number of ether oxygens (including phenoxy) is 2. The number of fused-ring (bicyclic) bond motifs is 1. The third-order valence-corrected chi connectivity index (χ3v) is 7.43. The van der Waals surface area contributed by atoms with Crippen molar-refractivity contribution >= 4 is 33.4 Å². The fourth-order valence-corrected chi connectivity index (χ4v) is 5.60. The lowest BCUT2D eigenvalue weighted by Gasteiger charge is -2.37. The standard InChI is InChI=1S/C25H24N2O6S/c1-16-9-10-17(2)21(13-16)27-25(29)26(20-7-5-6-8-23(20)34(27,30)31)15-19-14-18(24(28)33-4)11-12-22(19)32-3/h5-14H,15H2,1-4H3. The van der Waals surface area contributed by atoms with Crippen molar-refractivity contribution in [3.8, 4) is 5.75 Å². The quantitative estimate of drug-likeness (QED) is 0.502. The van der Waals surface area contributed by atoms with Gasteiger partial charge in [-0.2, -0.15) is 4.31 Å². The van der Waals surface area contributed by atoms with Crippen LogP contribution in [0.2, 0.25) is 0 Å². The molecule has 0 bridgehead atoms. The second-order valence-electron chi connectivity index (χ2n) is 7.91. The van der Waals surface area contributed by atoms with Gasteiger partial charge in [-0.1, -0.05) is 24.3 Å². The average Bonchev–Trinajstić information content (AvgIpc) is 2.83. The minimum absolute atomic E-state index is 0.0126. The lowest BCUT2D eigenvalue weighted by molar-refractivity contribution is 0.0600. The van der Waals surface area contributed by atoms with Crippen molar-refractivity contribution in [2.24, 2.45) is 0 Å². The number of sulfonamides is 1. The van der Waals surface area contributed by atoms with Gasteiger partial charge in [-0.05, 0) is 61.4 Å². The van der Waals surface area contributed by atoms with E-state index in [1.165, 1.54) is 25.2 Å². The Hall–Kier alpha value is -3.85. The second-order valence-corrected chi connectivity index (χ2v) is 9.67. The van der Waals surface area contributed by atoms with Crippen molar-refractivity contribution in [3.63, 3.8) is 0 Å². The Morgan fingerprint density at radius 3 is 2.38 bits per heavy atom. The molecule has 0 aliphatic carbocycles. The van der Waals surface area contributed by atoms with E-state index in [0.29, 0.717) is 22.6 Å². The molecule has 176 valence electrons. The summed E-state index contributed by atoms with van der Waals surface area (Å²) < 4.78 is 38.2. The maximum atomic E-state index is 13.8. The highest BCUT2D eigenvalue weighted by atomic mass is 32.2. The first kappa shape index (κ1) is 23.3.